The number of esters is 1. The molecule has 0 radical (unpaired) electrons. The fourth-order valence-corrected chi connectivity index (χ4v) is 0.957. The molecule has 0 saturated carbocycles. The summed E-state index contributed by atoms with van der Waals surface area (Å²) >= 11 is 0. The summed E-state index contributed by atoms with van der Waals surface area (Å²) in [7, 11) is 0. The predicted molar refractivity (Wildman–Crippen MR) is 54.5 cm³/mol. The molecule has 0 fully saturated rings. The summed E-state index contributed by atoms with van der Waals surface area (Å²) in [6.45, 7) is 8.01. The van der Waals surface area contributed by atoms with Crippen molar-refractivity contribution in [3.63, 3.8) is 0 Å². The highest BCUT2D eigenvalue weighted by atomic mass is 16.5. The van der Waals surface area contributed by atoms with Crippen LogP contribution < -0.4 is 0 Å². The van der Waals surface area contributed by atoms with E-state index in [9.17, 15) is 4.79 Å². The average Bonchev–Trinajstić information content (AvgIpc) is 2.13. The molecule has 13 heavy (non-hydrogen) atoms. The Balaban J connectivity index is 3.99. The molecule has 2 heteroatoms. The molecule has 0 atom stereocenters. The lowest BCUT2D eigenvalue weighted by Crippen LogP contribution is -2.14. The van der Waals surface area contributed by atoms with E-state index in [-0.39, 0.29) is 12.1 Å². The van der Waals surface area contributed by atoms with Gasteiger partial charge in [0.1, 0.15) is 6.10 Å². The first-order chi connectivity index (χ1) is 6.13. The largest absolute Gasteiger partial charge is 0.459 e. The van der Waals surface area contributed by atoms with Crippen LogP contribution in [0.5, 0.6) is 0 Å². The van der Waals surface area contributed by atoms with Crippen molar-refractivity contribution in [3.8, 4) is 0 Å². The quantitative estimate of drug-likeness (QED) is 0.485. The Hall–Kier alpha value is -0.790. The monoisotopic (exact) mass is 184 g/mol. The highest BCUT2D eigenvalue weighted by Crippen LogP contribution is 2.05. The highest BCUT2D eigenvalue weighted by Gasteiger charge is 2.07. The summed E-state index contributed by atoms with van der Waals surface area (Å²) in [5, 5.41) is 0. The molecule has 0 aliphatic heterocycles. The molecule has 0 aromatic rings. The van der Waals surface area contributed by atoms with Crippen LogP contribution in [-0.4, -0.2) is 12.1 Å². The van der Waals surface area contributed by atoms with Crippen molar-refractivity contribution in [2.75, 3.05) is 0 Å². The third kappa shape index (κ3) is 5.45. The van der Waals surface area contributed by atoms with Crippen LogP contribution in [0, 0.1) is 0 Å². The van der Waals surface area contributed by atoms with Crippen LogP contribution in [0.25, 0.3) is 0 Å². The Morgan fingerprint density at radius 2 is 1.85 bits per heavy atom. The summed E-state index contributed by atoms with van der Waals surface area (Å²) in [6, 6.07) is 0. The molecule has 0 unspecified atom stereocenters. The van der Waals surface area contributed by atoms with E-state index >= 15 is 0 Å². The fourth-order valence-electron chi connectivity index (χ4n) is 0.957. The maximum atomic E-state index is 11.2. The van der Waals surface area contributed by atoms with Gasteiger partial charge < -0.3 is 4.74 Å². The zero-order valence-electron chi connectivity index (χ0n) is 9.09. The second-order valence-electron chi connectivity index (χ2n) is 3.22. The molecule has 0 aliphatic rings. The number of hydrogen-bond donors (Lipinski definition) is 0. The van der Waals surface area contributed by atoms with Crippen LogP contribution in [0.2, 0.25) is 0 Å². The Kier molecular flexibility index (Phi) is 6.29. The molecule has 0 N–H and O–H groups in total. The first-order valence-corrected chi connectivity index (χ1v) is 5.01. The summed E-state index contributed by atoms with van der Waals surface area (Å²) in [5.41, 5.74) is 1.07. The summed E-state index contributed by atoms with van der Waals surface area (Å²) in [5.74, 6) is -0.201. The van der Waals surface area contributed by atoms with Gasteiger partial charge in [0.05, 0.1) is 0 Å². The standard InChI is InChI=1S/C11H20O2/c1-5-9(4)8-11(12)13-10(6-2)7-3/h8,10H,5-7H2,1-4H3/b9-8+. The van der Waals surface area contributed by atoms with Gasteiger partial charge in [-0.05, 0) is 26.2 Å². The van der Waals surface area contributed by atoms with E-state index in [4.69, 9.17) is 4.74 Å². The van der Waals surface area contributed by atoms with Gasteiger partial charge in [-0.3, -0.25) is 0 Å². The van der Waals surface area contributed by atoms with Gasteiger partial charge >= 0.3 is 5.97 Å². The van der Waals surface area contributed by atoms with Crippen LogP contribution in [0.3, 0.4) is 0 Å². The van der Waals surface area contributed by atoms with Crippen LogP contribution >= 0.6 is 0 Å². The third-order valence-corrected chi connectivity index (χ3v) is 2.12. The number of carbonyl (C=O) groups excluding carboxylic acids is 1. The van der Waals surface area contributed by atoms with E-state index in [0.717, 1.165) is 24.8 Å². The van der Waals surface area contributed by atoms with Gasteiger partial charge in [0.15, 0.2) is 0 Å². The van der Waals surface area contributed by atoms with Crippen LogP contribution in [0.1, 0.15) is 47.0 Å². The van der Waals surface area contributed by atoms with Gasteiger partial charge in [0.25, 0.3) is 0 Å². The van der Waals surface area contributed by atoms with Crippen LogP contribution in [0.15, 0.2) is 11.6 Å². The molecule has 0 bridgehead atoms. The summed E-state index contributed by atoms with van der Waals surface area (Å²) in [4.78, 5) is 11.2. The lowest BCUT2D eigenvalue weighted by molar-refractivity contribution is -0.143. The van der Waals surface area contributed by atoms with Crippen molar-refractivity contribution in [3.05, 3.63) is 11.6 Å². The van der Waals surface area contributed by atoms with E-state index in [1.54, 1.807) is 6.08 Å². The van der Waals surface area contributed by atoms with E-state index in [1.165, 1.54) is 0 Å². The summed E-state index contributed by atoms with van der Waals surface area (Å²) < 4.78 is 5.21. The number of hydrogen-bond acceptors (Lipinski definition) is 2. The minimum atomic E-state index is -0.201. The Morgan fingerprint density at radius 1 is 1.31 bits per heavy atom. The molecule has 2 nitrogen and oxygen atoms in total. The Bertz CT molecular complexity index is 179. The normalized spacial score (nSPS) is 11.9. The van der Waals surface area contributed by atoms with Crippen molar-refractivity contribution in [2.24, 2.45) is 0 Å². The number of ether oxygens (including phenoxy) is 1. The van der Waals surface area contributed by atoms with Crippen molar-refractivity contribution in [1.82, 2.24) is 0 Å². The van der Waals surface area contributed by atoms with E-state index in [0.29, 0.717) is 0 Å². The molecule has 0 aromatic carbocycles. The van der Waals surface area contributed by atoms with E-state index in [2.05, 4.69) is 0 Å². The summed E-state index contributed by atoms with van der Waals surface area (Å²) in [6.07, 6.45) is 4.34. The Morgan fingerprint density at radius 3 is 2.23 bits per heavy atom. The van der Waals surface area contributed by atoms with Crippen LogP contribution in [-0.2, 0) is 9.53 Å². The topological polar surface area (TPSA) is 26.3 Å². The van der Waals surface area contributed by atoms with Gasteiger partial charge in [-0.15, -0.1) is 0 Å². The molecule has 0 saturated heterocycles. The van der Waals surface area contributed by atoms with Crippen molar-refractivity contribution >= 4 is 5.97 Å². The van der Waals surface area contributed by atoms with Crippen molar-refractivity contribution in [2.45, 2.75) is 53.1 Å². The predicted octanol–water partition coefficient (Wildman–Crippen LogP) is 3.07. The molecule has 76 valence electrons. The molecule has 0 aliphatic carbocycles. The molecule has 0 aromatic heterocycles. The lowest BCUT2D eigenvalue weighted by Gasteiger charge is -2.12. The maximum absolute atomic E-state index is 11.2. The zero-order valence-corrected chi connectivity index (χ0v) is 9.09. The Labute approximate surface area is 81.0 Å². The molecular formula is C11H20O2. The molecule has 0 heterocycles. The minimum absolute atomic E-state index is 0.0772. The van der Waals surface area contributed by atoms with E-state index in [1.807, 2.05) is 27.7 Å². The smallest absolute Gasteiger partial charge is 0.330 e. The zero-order chi connectivity index (χ0) is 10.3. The van der Waals surface area contributed by atoms with Gasteiger partial charge in [0, 0.05) is 6.08 Å². The fraction of sp³-hybridized carbons (Fsp3) is 0.727. The van der Waals surface area contributed by atoms with Crippen LogP contribution in [0.4, 0.5) is 0 Å². The molecule has 0 amide bonds. The lowest BCUT2D eigenvalue weighted by atomic mass is 10.2. The van der Waals surface area contributed by atoms with Gasteiger partial charge in [-0.2, -0.15) is 0 Å². The first kappa shape index (κ1) is 12.2. The molecule has 0 spiro atoms. The maximum Gasteiger partial charge on any atom is 0.330 e. The number of rotatable bonds is 5. The average molecular weight is 184 g/mol. The van der Waals surface area contributed by atoms with Crippen molar-refractivity contribution in [1.29, 1.82) is 0 Å². The van der Waals surface area contributed by atoms with Gasteiger partial charge in [-0.25, -0.2) is 4.79 Å². The van der Waals surface area contributed by atoms with Crippen molar-refractivity contribution < 1.29 is 9.53 Å². The third-order valence-electron chi connectivity index (χ3n) is 2.12. The highest BCUT2D eigenvalue weighted by molar-refractivity contribution is 5.82. The second-order valence-corrected chi connectivity index (χ2v) is 3.22. The number of carbonyl (C=O) groups is 1. The minimum Gasteiger partial charge on any atom is -0.459 e. The van der Waals surface area contributed by atoms with E-state index < -0.39 is 0 Å². The first-order valence-electron chi connectivity index (χ1n) is 5.01. The molecule has 0 rings (SSSR count). The second kappa shape index (κ2) is 6.70. The SMILES string of the molecule is CC/C(C)=C/C(=O)OC(CC)CC. The van der Waals surface area contributed by atoms with Gasteiger partial charge in [0.2, 0.25) is 0 Å². The molecular weight excluding hydrogens is 164 g/mol. The number of allylic oxidation sites excluding steroid dienone is 1. The van der Waals surface area contributed by atoms with Gasteiger partial charge in [-0.1, -0.05) is 26.3 Å².